The van der Waals surface area contributed by atoms with E-state index >= 15 is 0 Å². The van der Waals surface area contributed by atoms with Crippen LogP contribution in [0.15, 0.2) is 38.0 Å². The molecular weight excluding hydrogens is 625 g/mol. The topological polar surface area (TPSA) is 183 Å². The lowest BCUT2D eigenvalue weighted by molar-refractivity contribution is -0.973. The smallest absolute Gasteiger partial charge is 0.352 e. The molecule has 18 heteroatoms. The van der Waals surface area contributed by atoms with E-state index in [1.54, 1.807) is 28.9 Å². The number of aromatic nitrogens is 1. The van der Waals surface area contributed by atoms with Gasteiger partial charge in [-0.25, -0.2) is 14.8 Å². The van der Waals surface area contributed by atoms with Crippen LogP contribution in [0.1, 0.15) is 12.1 Å². The van der Waals surface area contributed by atoms with Crippen molar-refractivity contribution in [1.82, 2.24) is 20.2 Å². The van der Waals surface area contributed by atoms with E-state index in [-0.39, 0.29) is 33.4 Å². The lowest BCUT2D eigenvalue weighted by atomic mass is 10.0. The summed E-state index contributed by atoms with van der Waals surface area (Å²) >= 11 is 5.69. The van der Waals surface area contributed by atoms with Gasteiger partial charge in [-0.1, -0.05) is 5.16 Å². The van der Waals surface area contributed by atoms with Gasteiger partial charge in [0.05, 0.1) is 36.7 Å². The van der Waals surface area contributed by atoms with Crippen molar-refractivity contribution in [2.45, 2.75) is 22.4 Å². The molecule has 0 aromatic carbocycles. The number of carbonyl (C=O) groups excluding carboxylic acids is 2. The van der Waals surface area contributed by atoms with Gasteiger partial charge in [0.25, 0.3) is 17.6 Å². The van der Waals surface area contributed by atoms with Crippen molar-refractivity contribution in [2.75, 3.05) is 57.6 Å². The molecule has 0 aliphatic carbocycles. The van der Waals surface area contributed by atoms with Gasteiger partial charge in [-0.3, -0.25) is 14.5 Å². The Morgan fingerprint density at radius 2 is 2.21 bits per heavy atom. The summed E-state index contributed by atoms with van der Waals surface area (Å²) in [6.45, 7) is 2.49. The second kappa shape index (κ2) is 12.9. The summed E-state index contributed by atoms with van der Waals surface area (Å²) in [4.78, 5) is 53.2. The Kier molecular flexibility index (Phi) is 9.50. The molecule has 14 nitrogen and oxygen atoms in total. The number of β-lactam (4-membered cyclic amide) rings is 1. The number of carboxylic acid groups (broad SMARTS) is 1. The first-order valence-electron chi connectivity index (χ1n) is 12.9. The molecule has 5 N–H and O–H groups in total. The average Bonchev–Trinajstić information content (AvgIpc) is 3.58. The van der Waals surface area contributed by atoms with E-state index in [9.17, 15) is 24.6 Å². The molecule has 3 unspecified atom stereocenters. The van der Waals surface area contributed by atoms with Crippen molar-refractivity contribution in [3.63, 3.8) is 0 Å². The van der Waals surface area contributed by atoms with Gasteiger partial charge >= 0.3 is 5.97 Å². The van der Waals surface area contributed by atoms with Crippen molar-refractivity contribution in [1.29, 1.82) is 0 Å². The van der Waals surface area contributed by atoms with Crippen LogP contribution in [0.25, 0.3) is 0 Å². The summed E-state index contributed by atoms with van der Waals surface area (Å²) in [6, 6.07) is -0.922. The van der Waals surface area contributed by atoms with E-state index in [2.05, 4.69) is 27.5 Å². The Morgan fingerprint density at radius 1 is 1.40 bits per heavy atom. The number of thioether (sulfide) groups is 3. The molecule has 1 aromatic rings. The first-order valence-corrected chi connectivity index (χ1v) is 16.9. The number of β-amino-alcohol motifs (C(OH)–C–C–N with tert-alkyl or cyclic N) is 1. The van der Waals surface area contributed by atoms with E-state index in [0.29, 0.717) is 28.2 Å². The number of aliphatic carboxylic acids is 1. The number of hydrogen-bond acceptors (Lipinski definition) is 14. The number of oxime groups is 1. The number of nitrogen functional groups attached to an aromatic ring is 1. The summed E-state index contributed by atoms with van der Waals surface area (Å²) in [7, 11) is 3.38. The molecule has 42 heavy (non-hydrogen) atoms. The van der Waals surface area contributed by atoms with Crippen LogP contribution in [-0.4, -0.2) is 127 Å². The number of amides is 2. The average molecular weight is 656 g/mol. The molecule has 0 bridgehead atoms. The number of anilines is 1. The molecule has 4 aliphatic rings. The number of nitrogens with one attached hydrogen (secondary N) is 1. The zero-order valence-electron chi connectivity index (χ0n) is 22.8. The largest absolute Gasteiger partial charge is 0.477 e. The van der Waals surface area contributed by atoms with Crippen LogP contribution in [0.2, 0.25) is 0 Å². The maximum Gasteiger partial charge on any atom is 0.352 e. The van der Waals surface area contributed by atoms with Gasteiger partial charge in [0.2, 0.25) is 0 Å². The van der Waals surface area contributed by atoms with Gasteiger partial charge in [0, 0.05) is 29.5 Å². The molecule has 5 rings (SSSR count). The predicted molar refractivity (Wildman–Crippen MR) is 164 cm³/mol. The molecule has 226 valence electrons. The van der Waals surface area contributed by atoms with E-state index in [0.717, 1.165) is 36.7 Å². The van der Waals surface area contributed by atoms with Gasteiger partial charge < -0.3 is 26.1 Å². The number of aliphatic hydroxyl groups is 1. The number of hydrogen-bond donors (Lipinski definition) is 4. The van der Waals surface area contributed by atoms with E-state index in [1.807, 2.05) is 11.6 Å². The number of thiazole rings is 1. The lowest BCUT2D eigenvalue weighted by Gasteiger charge is -2.49. The van der Waals surface area contributed by atoms with Crippen LogP contribution in [0, 0.1) is 0 Å². The van der Waals surface area contributed by atoms with Gasteiger partial charge in [-0.05, 0) is 5.57 Å². The monoisotopic (exact) mass is 655 g/mol. The van der Waals surface area contributed by atoms with Crippen molar-refractivity contribution >= 4 is 81.5 Å². The Bertz CT molecular complexity index is 1380. The zero-order chi connectivity index (χ0) is 30.0. The normalized spacial score (nSPS) is 27.9. The highest BCUT2D eigenvalue weighted by Crippen LogP contribution is 2.42. The van der Waals surface area contributed by atoms with Crippen LogP contribution in [0.3, 0.4) is 0 Å². The molecule has 0 saturated carbocycles. The molecule has 4 aliphatic heterocycles. The van der Waals surface area contributed by atoms with Crippen molar-refractivity contribution in [3.05, 3.63) is 33.6 Å². The molecule has 0 radical (unpaired) electrons. The minimum absolute atomic E-state index is 0.0168. The van der Waals surface area contributed by atoms with Gasteiger partial charge in [0.1, 0.15) is 36.5 Å². The molecule has 2 amide bonds. The minimum Gasteiger partial charge on any atom is -0.477 e. The van der Waals surface area contributed by atoms with Gasteiger partial charge in [-0.2, -0.15) is 4.59 Å². The number of rotatable bonds is 11. The number of aliphatic hydroxyl groups excluding tert-OH is 1. The van der Waals surface area contributed by atoms with Crippen molar-refractivity contribution in [2.24, 2.45) is 10.1 Å². The maximum atomic E-state index is 13.1. The number of quaternary nitrogens is 1. The summed E-state index contributed by atoms with van der Waals surface area (Å²) in [5.74, 6) is -0.637. The number of nitrogens with zero attached hydrogens (tertiary/aromatic N) is 6. The highest BCUT2D eigenvalue weighted by atomic mass is 32.2. The molecular formula is C24H31N8O6S4+. The molecule has 2 saturated heterocycles. The number of carbonyl (C=O) groups is 3. The highest BCUT2D eigenvalue weighted by molar-refractivity contribution is 8.19. The van der Waals surface area contributed by atoms with Crippen LogP contribution in [0.5, 0.6) is 0 Å². The van der Waals surface area contributed by atoms with Crippen LogP contribution < -0.4 is 11.1 Å². The molecule has 4 atom stereocenters. The van der Waals surface area contributed by atoms with Crippen LogP contribution in [0.4, 0.5) is 5.13 Å². The number of fused-ring (bicyclic) bond motifs is 1. The van der Waals surface area contributed by atoms with Gasteiger partial charge in [-0.15, -0.1) is 51.6 Å². The molecule has 5 heterocycles. The fourth-order valence-corrected chi connectivity index (χ4v) is 9.29. The van der Waals surface area contributed by atoms with Crippen molar-refractivity contribution < 1.29 is 34.0 Å². The van der Waals surface area contributed by atoms with Crippen LogP contribution in [-0.2, 0) is 19.2 Å². The summed E-state index contributed by atoms with van der Waals surface area (Å²) in [5.41, 5.74) is 6.36. The summed E-state index contributed by atoms with van der Waals surface area (Å²) < 4.78 is 0.538. The summed E-state index contributed by atoms with van der Waals surface area (Å²) in [5, 5.41) is 31.3. The third-order valence-corrected chi connectivity index (χ3v) is 11.7. The third-order valence-electron chi connectivity index (χ3n) is 7.24. The fraction of sp³-hybridized carbons (Fsp3) is 0.500. The third kappa shape index (κ3) is 5.93. The fourth-order valence-electron chi connectivity index (χ4n) is 5.16. The first kappa shape index (κ1) is 30.8. The minimum atomic E-state index is -1.18. The predicted octanol–water partition coefficient (Wildman–Crippen LogP) is 0.550. The second-order valence-corrected chi connectivity index (χ2v) is 14.2. The van der Waals surface area contributed by atoms with E-state index < -0.39 is 29.2 Å². The number of carboxylic acids is 1. The van der Waals surface area contributed by atoms with Gasteiger partial charge in [0.15, 0.2) is 10.8 Å². The maximum absolute atomic E-state index is 13.1. The molecule has 0 spiro atoms. The SMILES string of the molecule is CO/N=C(\C(=O)N[C@@H]1C(=O)N2C(C(=O)O)=C(CSC3C=NC([N+]4(C)CCCN4CCO)=CS3)CSC12)c1csc(N)n1. The molecule has 2 fully saturated rings. The van der Waals surface area contributed by atoms with E-state index in [1.165, 1.54) is 23.8 Å². The van der Waals surface area contributed by atoms with Crippen molar-refractivity contribution in [3.8, 4) is 0 Å². The Labute approximate surface area is 258 Å². The summed E-state index contributed by atoms with van der Waals surface area (Å²) in [6.07, 6.45) is 2.90. The zero-order valence-corrected chi connectivity index (χ0v) is 26.1. The van der Waals surface area contributed by atoms with E-state index in [4.69, 9.17) is 15.6 Å². The highest BCUT2D eigenvalue weighted by Gasteiger charge is 2.54. The second-order valence-electron chi connectivity index (χ2n) is 9.78. The quantitative estimate of drug-likeness (QED) is 0.113. The van der Waals surface area contributed by atoms with Crippen LogP contribution >= 0.6 is 46.6 Å². The Balaban J connectivity index is 1.22. The standard InChI is InChI=1S/C24H30N8O6S4/c1-32(6-3-4-30(32)5-7-33)15-12-40-16(8-26-15)39-9-13-10-41-22-18(21(35)31(22)19(13)23(36)37)28-20(34)17(29-38-2)14-11-42-24(25)27-14/h8,11-12,16,18,22,33H,3-7,9-10H2,1-2H3,(H3-,25,27,28,34,36,37)/p+1/b29-17-/t16?,18-,22?,32?/m1/s1. The Hall–Kier alpha value is -2.61. The lowest BCUT2D eigenvalue weighted by Crippen LogP contribution is -2.71. The Morgan fingerprint density at radius 3 is 2.86 bits per heavy atom. The number of nitrogens with two attached hydrogens (primary N) is 1. The molecule has 1 aromatic heterocycles. The number of aliphatic imine (C=N–C) groups is 1. The first-order chi connectivity index (χ1) is 20.2.